The topological polar surface area (TPSA) is 29.5 Å². The Labute approximate surface area is 164 Å². The van der Waals surface area contributed by atoms with Crippen molar-refractivity contribution in [2.24, 2.45) is 0 Å². The van der Waals surface area contributed by atoms with Gasteiger partial charge in [-0.2, -0.15) is 0 Å². The summed E-state index contributed by atoms with van der Waals surface area (Å²) in [6, 6.07) is 0. The first kappa shape index (κ1) is 25.4. The van der Waals surface area contributed by atoms with E-state index in [0.717, 1.165) is 19.5 Å². The van der Waals surface area contributed by atoms with Gasteiger partial charge >= 0.3 is 5.97 Å². The van der Waals surface area contributed by atoms with Crippen LogP contribution in [0, 0.1) is 0 Å². The van der Waals surface area contributed by atoms with Crippen LogP contribution in [0.4, 0.5) is 0 Å². The summed E-state index contributed by atoms with van der Waals surface area (Å²) in [7, 11) is 2.16. The maximum absolute atomic E-state index is 11.7. The van der Waals surface area contributed by atoms with Crippen molar-refractivity contribution in [2.75, 3.05) is 20.1 Å². The molecule has 0 aliphatic rings. The van der Waals surface area contributed by atoms with E-state index >= 15 is 0 Å². The summed E-state index contributed by atoms with van der Waals surface area (Å²) in [4.78, 5) is 14.0. The number of nitrogens with zero attached hydrogens (tertiary/aromatic N) is 1. The van der Waals surface area contributed by atoms with Crippen molar-refractivity contribution in [1.82, 2.24) is 4.90 Å². The Morgan fingerprint density at radius 1 is 0.731 bits per heavy atom. The smallest absolute Gasteiger partial charge is 0.306 e. The SMILES string of the molecule is CCCCCCCCCCCCCCN(C)CCCC(=O)OC(C)(C)C. The van der Waals surface area contributed by atoms with E-state index in [2.05, 4.69) is 18.9 Å². The van der Waals surface area contributed by atoms with Gasteiger partial charge in [-0.1, -0.05) is 77.6 Å². The minimum absolute atomic E-state index is 0.0729. The highest BCUT2D eigenvalue weighted by Crippen LogP contribution is 2.12. The maximum atomic E-state index is 11.7. The van der Waals surface area contributed by atoms with Crippen LogP contribution in [0.3, 0.4) is 0 Å². The van der Waals surface area contributed by atoms with E-state index in [9.17, 15) is 4.79 Å². The molecule has 0 heterocycles. The van der Waals surface area contributed by atoms with Gasteiger partial charge in [0.05, 0.1) is 0 Å². The van der Waals surface area contributed by atoms with E-state index in [1.165, 1.54) is 77.0 Å². The average Bonchev–Trinajstić information content (AvgIpc) is 2.54. The van der Waals surface area contributed by atoms with Crippen LogP contribution >= 0.6 is 0 Å². The van der Waals surface area contributed by atoms with Crippen molar-refractivity contribution in [3.8, 4) is 0 Å². The van der Waals surface area contributed by atoms with Crippen LogP contribution in [0.2, 0.25) is 0 Å². The predicted octanol–water partition coefficient (Wildman–Crippen LogP) is 6.74. The van der Waals surface area contributed by atoms with E-state index in [0.29, 0.717) is 6.42 Å². The standard InChI is InChI=1S/C23H47NO2/c1-6-7-8-9-10-11-12-13-14-15-16-17-20-24(5)21-18-19-22(25)26-23(2,3)4/h6-21H2,1-5H3. The molecule has 156 valence electrons. The zero-order valence-corrected chi connectivity index (χ0v) is 18.6. The summed E-state index contributed by atoms with van der Waals surface area (Å²) >= 11 is 0. The van der Waals surface area contributed by atoms with Gasteiger partial charge in [-0.25, -0.2) is 0 Å². The first-order chi connectivity index (χ1) is 12.3. The molecular formula is C23H47NO2. The van der Waals surface area contributed by atoms with Gasteiger partial charge in [0.15, 0.2) is 0 Å². The lowest BCUT2D eigenvalue weighted by Gasteiger charge is -2.20. The molecule has 0 aliphatic heterocycles. The zero-order valence-electron chi connectivity index (χ0n) is 18.6. The van der Waals surface area contributed by atoms with Crippen molar-refractivity contribution >= 4 is 5.97 Å². The molecule has 0 radical (unpaired) electrons. The van der Waals surface area contributed by atoms with Crippen LogP contribution in [0.25, 0.3) is 0 Å². The molecule has 0 saturated carbocycles. The van der Waals surface area contributed by atoms with Gasteiger partial charge in [-0.05, 0) is 53.8 Å². The number of ether oxygens (including phenoxy) is 1. The molecule has 0 aromatic rings. The first-order valence-electron chi connectivity index (χ1n) is 11.3. The van der Waals surface area contributed by atoms with Gasteiger partial charge < -0.3 is 9.64 Å². The van der Waals surface area contributed by atoms with E-state index in [1.807, 2.05) is 20.8 Å². The van der Waals surface area contributed by atoms with Crippen LogP contribution in [-0.4, -0.2) is 36.6 Å². The minimum Gasteiger partial charge on any atom is -0.460 e. The van der Waals surface area contributed by atoms with Crippen LogP contribution < -0.4 is 0 Å². The number of carbonyl (C=O) groups is 1. The van der Waals surface area contributed by atoms with Crippen LogP contribution in [0.5, 0.6) is 0 Å². The van der Waals surface area contributed by atoms with Crippen molar-refractivity contribution in [1.29, 1.82) is 0 Å². The molecule has 0 N–H and O–H groups in total. The van der Waals surface area contributed by atoms with Crippen LogP contribution in [0.1, 0.15) is 118 Å². The maximum Gasteiger partial charge on any atom is 0.306 e. The number of hydrogen-bond donors (Lipinski definition) is 0. The lowest BCUT2D eigenvalue weighted by Crippen LogP contribution is -2.25. The van der Waals surface area contributed by atoms with Crippen molar-refractivity contribution < 1.29 is 9.53 Å². The molecule has 0 aromatic heterocycles. The van der Waals surface area contributed by atoms with Gasteiger partial charge in [0, 0.05) is 6.42 Å². The fourth-order valence-electron chi connectivity index (χ4n) is 3.22. The highest BCUT2D eigenvalue weighted by molar-refractivity contribution is 5.69. The second kappa shape index (κ2) is 16.6. The summed E-state index contributed by atoms with van der Waals surface area (Å²) in [5.41, 5.74) is -0.363. The normalized spacial score (nSPS) is 11.9. The third-order valence-electron chi connectivity index (χ3n) is 4.73. The molecule has 0 unspecified atom stereocenters. The Morgan fingerprint density at radius 3 is 1.62 bits per heavy atom. The third-order valence-corrected chi connectivity index (χ3v) is 4.73. The Balaban J connectivity index is 3.31. The monoisotopic (exact) mass is 369 g/mol. The number of rotatable bonds is 17. The molecule has 3 heteroatoms. The average molecular weight is 370 g/mol. The molecular weight excluding hydrogens is 322 g/mol. The molecule has 3 nitrogen and oxygen atoms in total. The van der Waals surface area contributed by atoms with Crippen molar-refractivity contribution in [2.45, 2.75) is 123 Å². The van der Waals surface area contributed by atoms with Gasteiger partial charge in [0.2, 0.25) is 0 Å². The van der Waals surface area contributed by atoms with E-state index in [-0.39, 0.29) is 11.6 Å². The molecule has 0 saturated heterocycles. The quantitative estimate of drug-likeness (QED) is 0.210. The Morgan fingerprint density at radius 2 is 1.15 bits per heavy atom. The molecule has 0 aliphatic carbocycles. The lowest BCUT2D eigenvalue weighted by molar-refractivity contribution is -0.154. The zero-order chi connectivity index (χ0) is 19.7. The molecule has 26 heavy (non-hydrogen) atoms. The molecule has 0 spiro atoms. The lowest BCUT2D eigenvalue weighted by atomic mass is 10.1. The van der Waals surface area contributed by atoms with E-state index in [1.54, 1.807) is 0 Å². The predicted molar refractivity (Wildman–Crippen MR) is 114 cm³/mol. The highest BCUT2D eigenvalue weighted by Gasteiger charge is 2.15. The molecule has 0 atom stereocenters. The van der Waals surface area contributed by atoms with Crippen LogP contribution in [0.15, 0.2) is 0 Å². The Hall–Kier alpha value is -0.570. The second-order valence-corrected chi connectivity index (χ2v) is 8.88. The minimum atomic E-state index is -0.363. The highest BCUT2D eigenvalue weighted by atomic mass is 16.6. The van der Waals surface area contributed by atoms with Gasteiger partial charge in [-0.15, -0.1) is 0 Å². The van der Waals surface area contributed by atoms with Crippen molar-refractivity contribution in [3.05, 3.63) is 0 Å². The van der Waals surface area contributed by atoms with Crippen molar-refractivity contribution in [3.63, 3.8) is 0 Å². The summed E-state index contributed by atoms with van der Waals surface area (Å²) in [5.74, 6) is -0.0729. The molecule has 0 rings (SSSR count). The largest absolute Gasteiger partial charge is 0.460 e. The Bertz CT molecular complexity index is 323. The van der Waals surface area contributed by atoms with E-state index in [4.69, 9.17) is 4.74 Å². The second-order valence-electron chi connectivity index (χ2n) is 8.88. The summed E-state index contributed by atoms with van der Waals surface area (Å²) in [6.07, 6.45) is 18.2. The van der Waals surface area contributed by atoms with Gasteiger partial charge in [0.25, 0.3) is 0 Å². The summed E-state index contributed by atoms with van der Waals surface area (Å²) < 4.78 is 5.34. The number of unbranched alkanes of at least 4 members (excludes halogenated alkanes) is 11. The van der Waals surface area contributed by atoms with Crippen LogP contribution in [-0.2, 0) is 9.53 Å². The molecule has 0 fully saturated rings. The van der Waals surface area contributed by atoms with E-state index < -0.39 is 0 Å². The molecule has 0 bridgehead atoms. The summed E-state index contributed by atoms with van der Waals surface area (Å²) in [6.45, 7) is 10.2. The number of esters is 1. The van der Waals surface area contributed by atoms with Gasteiger partial charge in [0.1, 0.15) is 5.60 Å². The first-order valence-corrected chi connectivity index (χ1v) is 11.3. The van der Waals surface area contributed by atoms with Gasteiger partial charge in [-0.3, -0.25) is 4.79 Å². The molecule has 0 amide bonds. The fraction of sp³-hybridized carbons (Fsp3) is 0.957. The number of carbonyl (C=O) groups excluding carboxylic acids is 1. The Kier molecular flexibility index (Phi) is 16.2. The third kappa shape index (κ3) is 19.8. The fourth-order valence-corrected chi connectivity index (χ4v) is 3.22. The summed E-state index contributed by atoms with van der Waals surface area (Å²) in [5, 5.41) is 0. The number of hydrogen-bond acceptors (Lipinski definition) is 3. The molecule has 0 aromatic carbocycles.